The zero-order valence-corrected chi connectivity index (χ0v) is 10.0. The number of nitrogens with zero attached hydrogens (tertiary/aromatic N) is 2. The van der Waals surface area contributed by atoms with Crippen molar-refractivity contribution in [3.8, 4) is 0 Å². The fourth-order valence-corrected chi connectivity index (χ4v) is 2.47. The molecule has 1 aliphatic rings. The van der Waals surface area contributed by atoms with Crippen molar-refractivity contribution in [1.82, 2.24) is 9.78 Å². The first-order chi connectivity index (χ1) is 7.93. The van der Waals surface area contributed by atoms with Crippen molar-refractivity contribution in [3.63, 3.8) is 0 Å². The summed E-state index contributed by atoms with van der Waals surface area (Å²) in [4.78, 5) is 21.7. The standard InChI is InChI=1S/C12H16N2O3/c1-12(2)4-3-9(5-12)14-6-8(7-15)10(13-14)11(16)17/h6-7,9H,3-5H2,1-2H3,(H,16,17). The van der Waals surface area contributed by atoms with Crippen LogP contribution in [0, 0.1) is 5.41 Å². The van der Waals surface area contributed by atoms with E-state index in [1.54, 1.807) is 10.9 Å². The van der Waals surface area contributed by atoms with Crippen LogP contribution in [0.3, 0.4) is 0 Å². The first kappa shape index (κ1) is 11.8. The molecule has 1 atom stereocenters. The fraction of sp³-hybridized carbons (Fsp3) is 0.583. The molecule has 0 aliphatic heterocycles. The van der Waals surface area contributed by atoms with Crippen LogP contribution in [0.2, 0.25) is 0 Å². The first-order valence-corrected chi connectivity index (χ1v) is 5.70. The Balaban J connectivity index is 2.29. The summed E-state index contributed by atoms with van der Waals surface area (Å²) in [5, 5.41) is 12.9. The van der Waals surface area contributed by atoms with Gasteiger partial charge < -0.3 is 5.11 Å². The second kappa shape index (κ2) is 3.98. The molecule has 0 aromatic carbocycles. The average Bonchev–Trinajstić information content (AvgIpc) is 2.80. The Hall–Kier alpha value is -1.65. The van der Waals surface area contributed by atoms with Gasteiger partial charge in [-0.3, -0.25) is 9.48 Å². The zero-order chi connectivity index (χ0) is 12.6. The predicted octanol–water partition coefficient (Wildman–Crippen LogP) is 2.15. The van der Waals surface area contributed by atoms with Crippen LogP contribution in [0.25, 0.3) is 0 Å². The largest absolute Gasteiger partial charge is 0.476 e. The molecule has 1 unspecified atom stereocenters. The quantitative estimate of drug-likeness (QED) is 0.816. The fourth-order valence-electron chi connectivity index (χ4n) is 2.47. The van der Waals surface area contributed by atoms with Crippen molar-refractivity contribution >= 4 is 12.3 Å². The number of carboxylic acid groups (broad SMARTS) is 1. The minimum Gasteiger partial charge on any atom is -0.476 e. The van der Waals surface area contributed by atoms with Gasteiger partial charge in [0.25, 0.3) is 0 Å². The number of hydrogen-bond acceptors (Lipinski definition) is 3. The van der Waals surface area contributed by atoms with E-state index in [0.29, 0.717) is 6.29 Å². The van der Waals surface area contributed by atoms with Crippen molar-refractivity contribution in [1.29, 1.82) is 0 Å². The lowest BCUT2D eigenvalue weighted by molar-refractivity contribution is 0.0686. The van der Waals surface area contributed by atoms with Crippen LogP contribution in [0.5, 0.6) is 0 Å². The third kappa shape index (κ3) is 2.23. The van der Waals surface area contributed by atoms with Crippen molar-refractivity contribution in [2.45, 2.75) is 39.2 Å². The van der Waals surface area contributed by atoms with Crippen molar-refractivity contribution < 1.29 is 14.7 Å². The number of aromatic carboxylic acids is 1. The number of rotatable bonds is 3. The van der Waals surface area contributed by atoms with Crippen LogP contribution in [-0.4, -0.2) is 27.1 Å². The molecular weight excluding hydrogens is 220 g/mol. The lowest BCUT2D eigenvalue weighted by Crippen LogP contribution is -2.10. The number of carbonyl (C=O) groups excluding carboxylic acids is 1. The number of hydrogen-bond donors (Lipinski definition) is 1. The molecule has 1 aromatic heterocycles. The van der Waals surface area contributed by atoms with E-state index in [2.05, 4.69) is 18.9 Å². The molecule has 1 fully saturated rings. The van der Waals surface area contributed by atoms with E-state index in [1.165, 1.54) is 0 Å². The first-order valence-electron chi connectivity index (χ1n) is 5.70. The Morgan fingerprint density at radius 3 is 2.76 bits per heavy atom. The highest BCUT2D eigenvalue weighted by Gasteiger charge is 2.33. The molecule has 1 aromatic rings. The van der Waals surface area contributed by atoms with Gasteiger partial charge in [0.05, 0.1) is 11.6 Å². The summed E-state index contributed by atoms with van der Waals surface area (Å²) in [6, 6.07) is 0.205. The van der Waals surface area contributed by atoms with Crippen LogP contribution in [0.1, 0.15) is 60.0 Å². The highest BCUT2D eigenvalue weighted by atomic mass is 16.4. The highest BCUT2D eigenvalue weighted by molar-refractivity contribution is 5.95. The van der Waals surface area contributed by atoms with Gasteiger partial charge in [0.15, 0.2) is 12.0 Å². The molecule has 1 N–H and O–H groups in total. The summed E-state index contributed by atoms with van der Waals surface area (Å²) in [5.41, 5.74) is 0.272. The maximum atomic E-state index is 10.9. The number of aldehydes is 1. The van der Waals surface area contributed by atoms with Gasteiger partial charge in [0.2, 0.25) is 0 Å². The molecule has 92 valence electrons. The molecule has 0 amide bonds. The van der Waals surface area contributed by atoms with Gasteiger partial charge in [-0.15, -0.1) is 0 Å². The van der Waals surface area contributed by atoms with E-state index in [9.17, 15) is 9.59 Å². The van der Waals surface area contributed by atoms with Crippen LogP contribution < -0.4 is 0 Å². The van der Waals surface area contributed by atoms with Crippen molar-refractivity contribution in [2.24, 2.45) is 5.41 Å². The Kier molecular flexibility index (Phi) is 2.77. The van der Waals surface area contributed by atoms with E-state index in [-0.39, 0.29) is 22.7 Å². The SMILES string of the molecule is CC1(C)CCC(n2cc(C=O)c(C(=O)O)n2)C1. The van der Waals surface area contributed by atoms with Crippen LogP contribution in [0.4, 0.5) is 0 Å². The second-order valence-corrected chi connectivity index (χ2v) is 5.40. The molecule has 1 saturated carbocycles. The number of carbonyl (C=O) groups is 2. The Morgan fingerprint density at radius 2 is 2.35 bits per heavy atom. The summed E-state index contributed by atoms with van der Waals surface area (Å²) in [5.74, 6) is -1.15. The van der Waals surface area contributed by atoms with Gasteiger partial charge >= 0.3 is 5.97 Å². The third-order valence-corrected chi connectivity index (χ3v) is 3.41. The van der Waals surface area contributed by atoms with Crippen LogP contribution in [-0.2, 0) is 0 Å². The van der Waals surface area contributed by atoms with Gasteiger partial charge in [-0.2, -0.15) is 5.10 Å². The van der Waals surface area contributed by atoms with Crippen LogP contribution >= 0.6 is 0 Å². The molecule has 5 nitrogen and oxygen atoms in total. The molecule has 1 heterocycles. The minimum atomic E-state index is -1.15. The lowest BCUT2D eigenvalue weighted by Gasteiger charge is -2.17. The maximum Gasteiger partial charge on any atom is 0.357 e. The zero-order valence-electron chi connectivity index (χ0n) is 10.0. The summed E-state index contributed by atoms with van der Waals surface area (Å²) >= 11 is 0. The molecular formula is C12H16N2O3. The third-order valence-electron chi connectivity index (χ3n) is 3.41. The van der Waals surface area contributed by atoms with Crippen LogP contribution in [0.15, 0.2) is 6.20 Å². The molecule has 1 aliphatic carbocycles. The molecule has 0 radical (unpaired) electrons. The summed E-state index contributed by atoms with van der Waals surface area (Å²) in [6.45, 7) is 4.38. The van der Waals surface area contributed by atoms with Gasteiger partial charge in [0.1, 0.15) is 0 Å². The topological polar surface area (TPSA) is 72.2 Å². The Labute approximate surface area is 99.4 Å². The monoisotopic (exact) mass is 236 g/mol. The van der Waals surface area contributed by atoms with Crippen molar-refractivity contribution in [2.75, 3.05) is 0 Å². The van der Waals surface area contributed by atoms with E-state index >= 15 is 0 Å². The van der Waals surface area contributed by atoms with Gasteiger partial charge in [-0.05, 0) is 24.7 Å². The second-order valence-electron chi connectivity index (χ2n) is 5.40. The van der Waals surface area contributed by atoms with E-state index in [0.717, 1.165) is 19.3 Å². The summed E-state index contributed by atoms with van der Waals surface area (Å²) < 4.78 is 1.64. The van der Waals surface area contributed by atoms with E-state index in [1.807, 2.05) is 0 Å². The molecule has 17 heavy (non-hydrogen) atoms. The average molecular weight is 236 g/mol. The predicted molar refractivity (Wildman–Crippen MR) is 61.2 cm³/mol. The summed E-state index contributed by atoms with van der Waals surface area (Å²) in [7, 11) is 0. The van der Waals surface area contributed by atoms with Gasteiger partial charge in [-0.25, -0.2) is 4.79 Å². The smallest absolute Gasteiger partial charge is 0.357 e. The highest BCUT2D eigenvalue weighted by Crippen LogP contribution is 2.43. The molecule has 0 spiro atoms. The minimum absolute atomic E-state index is 0.148. The molecule has 2 rings (SSSR count). The summed E-state index contributed by atoms with van der Waals surface area (Å²) in [6.07, 6.45) is 5.13. The number of aromatic nitrogens is 2. The van der Waals surface area contributed by atoms with Crippen molar-refractivity contribution in [3.05, 3.63) is 17.5 Å². The maximum absolute atomic E-state index is 10.9. The Morgan fingerprint density at radius 1 is 1.65 bits per heavy atom. The Bertz CT molecular complexity index is 462. The molecule has 0 bridgehead atoms. The number of carboxylic acids is 1. The molecule has 0 saturated heterocycles. The van der Waals surface area contributed by atoms with E-state index in [4.69, 9.17) is 5.11 Å². The van der Waals surface area contributed by atoms with Gasteiger partial charge in [-0.1, -0.05) is 13.8 Å². The van der Waals surface area contributed by atoms with Gasteiger partial charge in [0, 0.05) is 6.20 Å². The lowest BCUT2D eigenvalue weighted by atomic mass is 9.92. The normalized spacial score (nSPS) is 22.6. The molecule has 5 heteroatoms. The van der Waals surface area contributed by atoms with E-state index < -0.39 is 5.97 Å².